The van der Waals surface area contributed by atoms with Crippen molar-refractivity contribution in [3.63, 3.8) is 0 Å². The molecule has 34 heavy (non-hydrogen) atoms. The smallest absolute Gasteiger partial charge is 0.338 e. The first-order valence-electron chi connectivity index (χ1n) is 12.1. The number of hydrogen-bond acceptors (Lipinski definition) is 5. The van der Waals surface area contributed by atoms with Crippen LogP contribution in [0.4, 0.5) is 0 Å². The highest BCUT2D eigenvalue weighted by Crippen LogP contribution is 2.29. The molecule has 0 aromatic heterocycles. The van der Waals surface area contributed by atoms with E-state index in [0.29, 0.717) is 34.9 Å². The molecule has 2 aliphatic rings. The Hall–Kier alpha value is -2.60. The molecule has 6 nitrogen and oxygen atoms in total. The minimum absolute atomic E-state index is 0.0538. The highest BCUT2D eigenvalue weighted by molar-refractivity contribution is 6.33. The van der Waals surface area contributed by atoms with E-state index >= 15 is 0 Å². The number of aryl methyl sites for hydroxylation is 2. The molecule has 3 rings (SSSR count). The van der Waals surface area contributed by atoms with E-state index in [1.807, 2.05) is 43.9 Å². The van der Waals surface area contributed by atoms with E-state index < -0.39 is 5.97 Å². The van der Waals surface area contributed by atoms with Gasteiger partial charge in [0.05, 0.1) is 17.9 Å². The molecule has 2 aliphatic heterocycles. The molecule has 1 unspecified atom stereocenters. The van der Waals surface area contributed by atoms with Crippen LogP contribution in [0.15, 0.2) is 35.5 Å². The third kappa shape index (κ3) is 7.20. The van der Waals surface area contributed by atoms with Gasteiger partial charge in [-0.1, -0.05) is 48.0 Å². The van der Waals surface area contributed by atoms with Crippen molar-refractivity contribution in [2.75, 3.05) is 26.3 Å². The minimum atomic E-state index is -0.392. The maximum absolute atomic E-state index is 13.0. The highest BCUT2D eigenvalue weighted by atomic mass is 35.5. The van der Waals surface area contributed by atoms with Crippen LogP contribution < -0.4 is 0 Å². The summed E-state index contributed by atoms with van der Waals surface area (Å²) in [5.74, 6) is -0.318. The summed E-state index contributed by atoms with van der Waals surface area (Å²) in [6.07, 6.45) is 13.3. The molecule has 2 heterocycles. The number of likely N-dealkylation sites (tertiary alicyclic amines) is 1. The van der Waals surface area contributed by atoms with Crippen LogP contribution in [0, 0.1) is 19.8 Å². The summed E-state index contributed by atoms with van der Waals surface area (Å²) in [4.78, 5) is 32.8. The molecular weight excluding hydrogens is 452 g/mol. The van der Waals surface area contributed by atoms with Crippen LogP contribution in [0.5, 0.6) is 0 Å². The number of ether oxygens (including phenoxy) is 1. The number of oxime groups is 1. The number of carbonyl (C=O) groups excluding carboxylic acids is 2. The lowest BCUT2D eigenvalue weighted by Crippen LogP contribution is -2.37. The van der Waals surface area contributed by atoms with Crippen molar-refractivity contribution in [3.05, 3.63) is 57.6 Å². The fourth-order valence-electron chi connectivity index (χ4n) is 4.28. The average molecular weight is 487 g/mol. The number of amides is 1. The van der Waals surface area contributed by atoms with Crippen LogP contribution in [0.25, 0.3) is 0 Å². The summed E-state index contributed by atoms with van der Waals surface area (Å²) < 4.78 is 5.63. The summed E-state index contributed by atoms with van der Waals surface area (Å²) in [5.41, 5.74) is 3.42. The highest BCUT2D eigenvalue weighted by Gasteiger charge is 2.22. The van der Waals surface area contributed by atoms with Crippen LogP contribution in [0.2, 0.25) is 5.02 Å². The zero-order valence-electron chi connectivity index (χ0n) is 20.4. The van der Waals surface area contributed by atoms with Gasteiger partial charge >= 0.3 is 5.97 Å². The molecule has 1 fully saturated rings. The maximum atomic E-state index is 13.0. The number of carbonyl (C=O) groups is 2. The van der Waals surface area contributed by atoms with Crippen LogP contribution in [-0.2, 0) is 20.8 Å². The van der Waals surface area contributed by atoms with E-state index in [2.05, 4.69) is 17.3 Å². The van der Waals surface area contributed by atoms with E-state index in [9.17, 15) is 9.59 Å². The van der Waals surface area contributed by atoms with Crippen molar-refractivity contribution in [1.82, 2.24) is 4.90 Å². The predicted molar refractivity (Wildman–Crippen MR) is 135 cm³/mol. The van der Waals surface area contributed by atoms with Crippen LogP contribution >= 0.6 is 11.6 Å². The van der Waals surface area contributed by atoms with Crippen molar-refractivity contribution in [2.24, 2.45) is 11.1 Å². The average Bonchev–Trinajstić information content (AvgIpc) is 2.82. The topological polar surface area (TPSA) is 68.2 Å². The Morgan fingerprint density at radius 1 is 1.18 bits per heavy atom. The Bertz CT molecular complexity index is 977. The second-order valence-electron chi connectivity index (χ2n) is 9.14. The number of cyclic esters (lactones) is 1. The molecule has 0 bridgehead atoms. The van der Waals surface area contributed by atoms with Crippen molar-refractivity contribution in [1.29, 1.82) is 0 Å². The number of fused-ring (bicyclic) bond motifs is 1. The molecule has 1 aromatic carbocycles. The second kappa shape index (κ2) is 12.7. The van der Waals surface area contributed by atoms with E-state index in [0.717, 1.165) is 56.3 Å². The van der Waals surface area contributed by atoms with Crippen LogP contribution in [-0.4, -0.2) is 48.8 Å². The Labute approximate surface area is 207 Å². The number of esters is 1. The number of allylic oxidation sites excluding steroid dienone is 3. The molecule has 7 heteroatoms. The van der Waals surface area contributed by atoms with E-state index in [4.69, 9.17) is 21.2 Å². The van der Waals surface area contributed by atoms with Gasteiger partial charge in [-0.05, 0) is 68.7 Å². The van der Waals surface area contributed by atoms with Gasteiger partial charge in [-0.3, -0.25) is 4.79 Å². The number of rotatable bonds is 3. The number of piperidine rings is 1. The number of nitrogens with zero attached hydrogens (tertiary/aromatic N) is 2. The van der Waals surface area contributed by atoms with Gasteiger partial charge in [0, 0.05) is 30.5 Å². The zero-order valence-corrected chi connectivity index (χ0v) is 21.2. The predicted octanol–water partition coefficient (Wildman–Crippen LogP) is 5.58. The quantitative estimate of drug-likeness (QED) is 0.317. The molecule has 0 aliphatic carbocycles. The largest absolute Gasteiger partial charge is 0.461 e. The van der Waals surface area contributed by atoms with Crippen molar-refractivity contribution >= 4 is 29.2 Å². The lowest BCUT2D eigenvalue weighted by molar-refractivity contribution is -0.137. The summed E-state index contributed by atoms with van der Waals surface area (Å²) >= 11 is 6.68. The monoisotopic (exact) mass is 486 g/mol. The van der Waals surface area contributed by atoms with Gasteiger partial charge in [-0.15, -0.1) is 0 Å². The summed E-state index contributed by atoms with van der Waals surface area (Å²) in [6, 6.07) is 1.90. The van der Waals surface area contributed by atoms with E-state index in [-0.39, 0.29) is 18.4 Å². The standard InChI is InChI=1S/C27H35ClN2O4/c1-19-11-7-4-5-8-12-22(29-34-18-24(31)30-13-9-6-10-14-30)16-23-25(27(32)33-17-19)20(2)15-21(3)26(23)28/h7-8,11-12,15,19H,4-6,9-10,13-14,16-18H2,1-3H3/b11-7+,12-8+,29-22-. The normalized spacial score (nSPS) is 22.9. The molecule has 0 saturated carbocycles. The fourth-order valence-corrected chi connectivity index (χ4v) is 4.50. The van der Waals surface area contributed by atoms with Gasteiger partial charge in [0.15, 0.2) is 6.61 Å². The maximum Gasteiger partial charge on any atom is 0.338 e. The summed E-state index contributed by atoms with van der Waals surface area (Å²) in [6.45, 7) is 7.57. The Balaban J connectivity index is 1.88. The zero-order chi connectivity index (χ0) is 24.5. The van der Waals surface area contributed by atoms with Gasteiger partial charge in [-0.25, -0.2) is 4.79 Å². The van der Waals surface area contributed by atoms with Crippen molar-refractivity contribution < 1.29 is 19.2 Å². The Kier molecular flexibility index (Phi) is 9.75. The molecule has 0 spiro atoms. The van der Waals surface area contributed by atoms with Gasteiger partial charge in [0.25, 0.3) is 5.91 Å². The number of hydrogen-bond donors (Lipinski definition) is 0. The van der Waals surface area contributed by atoms with E-state index in [1.165, 1.54) is 0 Å². The lowest BCUT2D eigenvalue weighted by atomic mass is 9.94. The fraction of sp³-hybridized carbons (Fsp3) is 0.519. The first-order valence-corrected chi connectivity index (χ1v) is 12.5. The van der Waals surface area contributed by atoms with Crippen LogP contribution in [0.3, 0.4) is 0 Å². The van der Waals surface area contributed by atoms with Crippen molar-refractivity contribution in [3.8, 4) is 0 Å². The van der Waals surface area contributed by atoms with Gasteiger partial charge in [0.1, 0.15) is 0 Å². The third-order valence-electron chi connectivity index (χ3n) is 6.13. The van der Waals surface area contributed by atoms with Gasteiger partial charge < -0.3 is 14.5 Å². The Morgan fingerprint density at radius 3 is 2.68 bits per heavy atom. The molecule has 1 atom stereocenters. The number of halogens is 1. The minimum Gasteiger partial charge on any atom is -0.461 e. The first-order chi connectivity index (χ1) is 16.4. The molecule has 184 valence electrons. The summed E-state index contributed by atoms with van der Waals surface area (Å²) in [5, 5.41) is 4.79. The second-order valence-corrected chi connectivity index (χ2v) is 9.51. The first kappa shape index (κ1) is 26.0. The molecule has 1 aromatic rings. The lowest BCUT2D eigenvalue weighted by Gasteiger charge is -2.26. The molecule has 0 N–H and O–H groups in total. The Morgan fingerprint density at radius 2 is 1.91 bits per heavy atom. The molecular formula is C27H35ClN2O4. The summed E-state index contributed by atoms with van der Waals surface area (Å²) in [7, 11) is 0. The molecule has 1 amide bonds. The van der Waals surface area contributed by atoms with Crippen molar-refractivity contribution in [2.45, 2.75) is 59.3 Å². The third-order valence-corrected chi connectivity index (χ3v) is 6.66. The SMILES string of the molecule is Cc1cc(C)c2c(c1Cl)CC(=N\OCC(=O)N1CCCCC1)/C=C/CC/C=C/C(C)COC2=O. The molecule has 0 radical (unpaired) electrons. The number of benzene rings is 1. The molecule has 1 saturated heterocycles. The van der Waals surface area contributed by atoms with Crippen LogP contribution in [0.1, 0.15) is 66.1 Å². The van der Waals surface area contributed by atoms with Gasteiger partial charge in [0.2, 0.25) is 0 Å². The van der Waals surface area contributed by atoms with Gasteiger partial charge in [-0.2, -0.15) is 0 Å². The van der Waals surface area contributed by atoms with E-state index in [1.54, 1.807) is 0 Å².